The zero-order valence-corrected chi connectivity index (χ0v) is 19.1. The van der Waals surface area contributed by atoms with Gasteiger partial charge >= 0.3 is 0 Å². The third kappa shape index (κ3) is 6.05. The van der Waals surface area contributed by atoms with Gasteiger partial charge in [-0.05, 0) is 61.2 Å². The predicted molar refractivity (Wildman–Crippen MR) is 126 cm³/mol. The molecular weight excluding hydrogens is 418 g/mol. The summed E-state index contributed by atoms with van der Waals surface area (Å²) in [5.41, 5.74) is 3.33. The minimum atomic E-state index is -0.713. The molecule has 0 bridgehead atoms. The smallest absolute Gasteiger partial charge is 0.231 e. The maximum absolute atomic E-state index is 10.8. The highest BCUT2D eigenvalue weighted by Gasteiger charge is 2.22. The van der Waals surface area contributed by atoms with Crippen molar-refractivity contribution in [2.45, 2.75) is 45.1 Å². The first-order valence-electron chi connectivity index (χ1n) is 11.2. The molecule has 0 radical (unpaired) electrons. The Morgan fingerprint density at radius 1 is 0.970 bits per heavy atom. The summed E-state index contributed by atoms with van der Waals surface area (Å²) in [4.78, 5) is 0. The van der Waals surface area contributed by atoms with Gasteiger partial charge in [-0.25, -0.2) is 0 Å². The minimum absolute atomic E-state index is 0.159. The van der Waals surface area contributed by atoms with Crippen LogP contribution in [0, 0.1) is 0 Å². The quantitative estimate of drug-likeness (QED) is 0.432. The fourth-order valence-electron chi connectivity index (χ4n) is 3.92. The van der Waals surface area contributed by atoms with E-state index < -0.39 is 6.10 Å². The van der Waals surface area contributed by atoms with Crippen LogP contribution in [0.4, 0.5) is 0 Å². The second-order valence-corrected chi connectivity index (χ2v) is 8.94. The van der Waals surface area contributed by atoms with Crippen LogP contribution in [0.1, 0.15) is 42.2 Å². The molecular formula is C27H31NO5. The number of benzene rings is 3. The summed E-state index contributed by atoms with van der Waals surface area (Å²) in [6.45, 7) is 5.11. The van der Waals surface area contributed by atoms with Crippen LogP contribution in [-0.4, -0.2) is 29.1 Å². The molecule has 0 aromatic heterocycles. The summed E-state index contributed by atoms with van der Waals surface area (Å²) in [5.74, 6) is 2.17. The number of rotatable bonds is 10. The summed E-state index contributed by atoms with van der Waals surface area (Å²) < 4.78 is 16.7. The van der Waals surface area contributed by atoms with Gasteiger partial charge in [0.15, 0.2) is 11.5 Å². The normalized spacial score (nSPS) is 13.7. The molecule has 0 saturated carbocycles. The lowest BCUT2D eigenvalue weighted by molar-refractivity contribution is 0.160. The first-order chi connectivity index (χ1) is 15.9. The number of aliphatic hydroxyl groups excluding tert-OH is 2. The van der Waals surface area contributed by atoms with E-state index in [0.717, 1.165) is 34.6 Å². The van der Waals surface area contributed by atoms with Crippen molar-refractivity contribution in [2.24, 2.45) is 0 Å². The molecule has 1 aliphatic rings. The van der Waals surface area contributed by atoms with Gasteiger partial charge in [0.25, 0.3) is 0 Å². The zero-order chi connectivity index (χ0) is 23.3. The molecule has 1 unspecified atom stereocenters. The van der Waals surface area contributed by atoms with E-state index in [9.17, 15) is 10.2 Å². The first kappa shape index (κ1) is 23.1. The van der Waals surface area contributed by atoms with Crippen LogP contribution >= 0.6 is 0 Å². The topological polar surface area (TPSA) is 80.2 Å². The van der Waals surface area contributed by atoms with Gasteiger partial charge in [-0.2, -0.15) is 0 Å². The van der Waals surface area contributed by atoms with Crippen LogP contribution in [0.25, 0.3) is 0 Å². The number of β-amino-alcohol motifs (C(OH)–C–C–N with tert-alkyl or cyclic N) is 1. The van der Waals surface area contributed by atoms with Gasteiger partial charge in [0.2, 0.25) is 6.79 Å². The van der Waals surface area contributed by atoms with E-state index in [1.807, 2.05) is 60.7 Å². The summed E-state index contributed by atoms with van der Waals surface area (Å²) in [6.07, 6.45) is 0.0549. The van der Waals surface area contributed by atoms with Crippen molar-refractivity contribution >= 4 is 0 Å². The molecule has 0 amide bonds. The fourth-order valence-corrected chi connectivity index (χ4v) is 3.92. The maximum Gasteiger partial charge on any atom is 0.231 e. The second kappa shape index (κ2) is 10.3. The van der Waals surface area contributed by atoms with Crippen molar-refractivity contribution in [3.05, 3.63) is 89.0 Å². The van der Waals surface area contributed by atoms with Gasteiger partial charge < -0.3 is 29.7 Å². The van der Waals surface area contributed by atoms with Crippen LogP contribution in [0.2, 0.25) is 0 Å². The van der Waals surface area contributed by atoms with Crippen molar-refractivity contribution in [1.82, 2.24) is 5.32 Å². The van der Waals surface area contributed by atoms with Crippen LogP contribution in [-0.2, 0) is 19.6 Å². The lowest BCUT2D eigenvalue weighted by Gasteiger charge is -2.28. The summed E-state index contributed by atoms with van der Waals surface area (Å²) in [7, 11) is 0. The second-order valence-electron chi connectivity index (χ2n) is 8.94. The Kier molecular flexibility index (Phi) is 7.18. The highest BCUT2D eigenvalue weighted by Crippen LogP contribution is 2.33. The highest BCUT2D eigenvalue weighted by molar-refractivity contribution is 5.45. The third-order valence-corrected chi connectivity index (χ3v) is 5.73. The predicted octanol–water partition coefficient (Wildman–Crippen LogP) is 4.13. The molecule has 4 rings (SSSR count). The van der Waals surface area contributed by atoms with Crippen molar-refractivity contribution < 1.29 is 24.4 Å². The standard InChI is InChI=1S/C27H31NO5/c1-27(2,14-20-8-10-25-26(12-20)33-18-32-25)28-15-23(30)21-9-11-24(22(13-21)16-29)31-17-19-6-4-3-5-7-19/h3-13,23,28-30H,14-18H2,1-2H3. The van der Waals surface area contributed by atoms with Crippen LogP contribution in [0.5, 0.6) is 17.2 Å². The summed E-state index contributed by atoms with van der Waals surface area (Å²) in [5, 5.41) is 24.0. The Bertz CT molecular complexity index is 1070. The highest BCUT2D eigenvalue weighted by atomic mass is 16.7. The number of ether oxygens (including phenoxy) is 3. The molecule has 0 spiro atoms. The molecule has 0 saturated heterocycles. The third-order valence-electron chi connectivity index (χ3n) is 5.73. The molecule has 1 atom stereocenters. The van der Waals surface area contributed by atoms with Crippen molar-refractivity contribution in [3.63, 3.8) is 0 Å². The molecule has 3 aromatic carbocycles. The van der Waals surface area contributed by atoms with Gasteiger partial charge in [0, 0.05) is 17.6 Å². The Morgan fingerprint density at radius 3 is 2.55 bits per heavy atom. The minimum Gasteiger partial charge on any atom is -0.489 e. The fraction of sp³-hybridized carbons (Fsp3) is 0.333. The largest absolute Gasteiger partial charge is 0.489 e. The number of hydrogen-bond acceptors (Lipinski definition) is 6. The number of aliphatic hydroxyl groups is 2. The summed E-state index contributed by atoms with van der Waals surface area (Å²) >= 11 is 0. The number of hydrogen-bond donors (Lipinski definition) is 3. The van der Waals surface area contributed by atoms with Crippen molar-refractivity contribution in [3.8, 4) is 17.2 Å². The average molecular weight is 450 g/mol. The SMILES string of the molecule is CC(C)(Cc1ccc2c(c1)OCO2)NCC(O)c1ccc(OCc2ccccc2)c(CO)c1. The number of nitrogens with one attached hydrogen (secondary N) is 1. The van der Waals surface area contributed by atoms with E-state index in [2.05, 4.69) is 19.2 Å². The van der Waals surface area contributed by atoms with E-state index >= 15 is 0 Å². The van der Waals surface area contributed by atoms with E-state index in [4.69, 9.17) is 14.2 Å². The van der Waals surface area contributed by atoms with Gasteiger partial charge in [-0.15, -0.1) is 0 Å². The van der Waals surface area contributed by atoms with Crippen LogP contribution in [0.3, 0.4) is 0 Å². The average Bonchev–Trinajstić information content (AvgIpc) is 3.29. The lowest BCUT2D eigenvalue weighted by Crippen LogP contribution is -2.43. The molecule has 1 aliphatic heterocycles. The van der Waals surface area contributed by atoms with Gasteiger partial charge in [-0.3, -0.25) is 0 Å². The van der Waals surface area contributed by atoms with Crippen molar-refractivity contribution in [2.75, 3.05) is 13.3 Å². The Labute approximate surface area is 194 Å². The molecule has 1 heterocycles. The van der Waals surface area contributed by atoms with E-state index in [0.29, 0.717) is 24.5 Å². The summed E-state index contributed by atoms with van der Waals surface area (Å²) in [6, 6.07) is 21.3. The van der Waals surface area contributed by atoms with E-state index in [-0.39, 0.29) is 18.9 Å². The van der Waals surface area contributed by atoms with Crippen molar-refractivity contribution in [1.29, 1.82) is 0 Å². The van der Waals surface area contributed by atoms with E-state index in [1.165, 1.54) is 0 Å². The van der Waals surface area contributed by atoms with E-state index in [1.54, 1.807) is 6.07 Å². The molecule has 3 N–H and O–H groups in total. The van der Waals surface area contributed by atoms with Crippen LogP contribution < -0.4 is 19.5 Å². The Morgan fingerprint density at radius 2 is 1.76 bits per heavy atom. The number of fused-ring (bicyclic) bond motifs is 1. The molecule has 174 valence electrons. The van der Waals surface area contributed by atoms with Gasteiger partial charge in [0.1, 0.15) is 12.4 Å². The molecule has 0 fully saturated rings. The molecule has 0 aliphatic carbocycles. The first-order valence-corrected chi connectivity index (χ1v) is 11.2. The lowest BCUT2D eigenvalue weighted by atomic mass is 9.94. The van der Waals surface area contributed by atoms with Gasteiger partial charge in [-0.1, -0.05) is 42.5 Å². The van der Waals surface area contributed by atoms with Gasteiger partial charge in [0.05, 0.1) is 12.7 Å². The van der Waals surface area contributed by atoms with Crippen LogP contribution in [0.15, 0.2) is 66.7 Å². The zero-order valence-electron chi connectivity index (χ0n) is 19.1. The molecule has 6 heteroatoms. The monoisotopic (exact) mass is 449 g/mol. The Hall–Kier alpha value is -3.06. The molecule has 33 heavy (non-hydrogen) atoms. The Balaban J connectivity index is 1.34. The maximum atomic E-state index is 10.8. The molecule has 6 nitrogen and oxygen atoms in total. The molecule has 3 aromatic rings.